The lowest BCUT2D eigenvalue weighted by molar-refractivity contribution is -0.137. The zero-order chi connectivity index (χ0) is 17.9. The number of carbonyl (C=O) groups excluding carboxylic acids is 1. The van der Waals surface area contributed by atoms with Crippen molar-refractivity contribution in [2.45, 2.75) is 6.18 Å². The monoisotopic (exact) mass is 392 g/mol. The van der Waals surface area contributed by atoms with Gasteiger partial charge in [-0.1, -0.05) is 29.3 Å². The summed E-state index contributed by atoms with van der Waals surface area (Å²) in [7, 11) is 0. The highest BCUT2D eigenvalue weighted by Crippen LogP contribution is 2.33. The molecular weight excluding hydrogens is 384 g/mol. The maximum Gasteiger partial charge on any atom is 0.416 e. The van der Waals surface area contributed by atoms with Crippen LogP contribution in [0.1, 0.15) is 15.9 Å². The molecule has 0 heterocycles. The quantitative estimate of drug-likeness (QED) is 0.695. The van der Waals surface area contributed by atoms with E-state index < -0.39 is 17.6 Å². The molecule has 2 N–H and O–H groups in total. The third-order valence-corrected chi connectivity index (χ3v) is 3.61. The van der Waals surface area contributed by atoms with Gasteiger partial charge in [0.2, 0.25) is 0 Å². The maximum absolute atomic E-state index is 12.6. The fraction of sp³-hybridized carbons (Fsp3) is 0.0667. The Kier molecular flexibility index (Phi) is 5.69. The highest BCUT2D eigenvalue weighted by Gasteiger charge is 2.30. The Bertz CT molecular complexity index is 797. The van der Waals surface area contributed by atoms with Crippen molar-refractivity contribution in [1.82, 2.24) is 5.32 Å². The summed E-state index contributed by atoms with van der Waals surface area (Å²) in [5, 5.41) is 5.05. The minimum absolute atomic E-state index is 0.110. The van der Waals surface area contributed by atoms with Gasteiger partial charge in [-0.25, -0.2) is 0 Å². The molecule has 2 rings (SSSR count). The summed E-state index contributed by atoms with van der Waals surface area (Å²) in [5.74, 6) is -0.516. The minimum atomic E-state index is -4.50. The van der Waals surface area contributed by atoms with E-state index in [-0.39, 0.29) is 21.4 Å². The fourth-order valence-electron chi connectivity index (χ4n) is 1.75. The van der Waals surface area contributed by atoms with Gasteiger partial charge >= 0.3 is 6.18 Å². The number of amides is 1. The molecular formula is C15H9Cl2F3N2OS. The lowest BCUT2D eigenvalue weighted by Crippen LogP contribution is -2.34. The van der Waals surface area contributed by atoms with E-state index in [1.807, 2.05) is 0 Å². The van der Waals surface area contributed by atoms with Crippen LogP contribution in [-0.2, 0) is 6.18 Å². The van der Waals surface area contributed by atoms with Crippen LogP contribution in [0, 0.1) is 0 Å². The van der Waals surface area contributed by atoms with Crippen LogP contribution in [-0.4, -0.2) is 11.0 Å². The van der Waals surface area contributed by atoms with Crippen LogP contribution in [0.4, 0.5) is 18.9 Å². The van der Waals surface area contributed by atoms with Gasteiger partial charge in [0.15, 0.2) is 5.11 Å². The van der Waals surface area contributed by atoms with Crippen LogP contribution in [0.25, 0.3) is 0 Å². The molecule has 2 aromatic rings. The Morgan fingerprint density at radius 1 is 1.08 bits per heavy atom. The van der Waals surface area contributed by atoms with Gasteiger partial charge in [0, 0.05) is 10.6 Å². The minimum Gasteiger partial charge on any atom is -0.331 e. The first-order chi connectivity index (χ1) is 11.2. The van der Waals surface area contributed by atoms with E-state index in [4.69, 9.17) is 35.4 Å². The molecule has 3 nitrogen and oxygen atoms in total. The van der Waals surface area contributed by atoms with Crippen molar-refractivity contribution >= 4 is 52.1 Å². The Morgan fingerprint density at radius 3 is 2.38 bits per heavy atom. The van der Waals surface area contributed by atoms with E-state index in [0.717, 1.165) is 18.2 Å². The lowest BCUT2D eigenvalue weighted by Gasteiger charge is -2.13. The summed E-state index contributed by atoms with van der Waals surface area (Å²) >= 11 is 16.5. The summed E-state index contributed by atoms with van der Waals surface area (Å²) in [5.41, 5.74) is -0.460. The van der Waals surface area contributed by atoms with Crippen molar-refractivity contribution in [1.29, 1.82) is 0 Å². The number of nitrogens with one attached hydrogen (secondary N) is 2. The molecule has 0 bridgehead atoms. The first-order valence-corrected chi connectivity index (χ1v) is 7.58. The molecule has 2 aromatic carbocycles. The molecule has 0 saturated heterocycles. The number of thiocarbonyl (C=S) groups is 1. The van der Waals surface area contributed by atoms with Gasteiger partial charge < -0.3 is 5.32 Å². The molecule has 0 atom stereocenters. The highest BCUT2D eigenvalue weighted by molar-refractivity contribution is 7.80. The molecule has 0 aliphatic carbocycles. The summed E-state index contributed by atoms with van der Waals surface area (Å²) in [6.07, 6.45) is -4.50. The first kappa shape index (κ1) is 18.5. The number of alkyl halides is 3. The van der Waals surface area contributed by atoms with Crippen LogP contribution in [0.15, 0.2) is 42.5 Å². The van der Waals surface area contributed by atoms with Gasteiger partial charge in [0.1, 0.15) is 0 Å². The third kappa shape index (κ3) is 4.83. The molecule has 1 amide bonds. The predicted octanol–water partition coefficient (Wildman–Crippen LogP) is 5.14. The zero-order valence-corrected chi connectivity index (χ0v) is 14.1. The summed E-state index contributed by atoms with van der Waals surface area (Å²) in [6, 6.07) is 8.95. The molecule has 9 heteroatoms. The molecule has 126 valence electrons. The van der Waals surface area contributed by atoms with E-state index in [1.54, 1.807) is 12.1 Å². The number of carbonyl (C=O) groups is 1. The molecule has 0 radical (unpaired) electrons. The average Bonchev–Trinajstić information content (AvgIpc) is 2.48. The second kappa shape index (κ2) is 7.38. The zero-order valence-electron chi connectivity index (χ0n) is 11.7. The molecule has 0 aliphatic heterocycles. The predicted molar refractivity (Wildman–Crippen MR) is 91.6 cm³/mol. The van der Waals surface area contributed by atoms with Gasteiger partial charge in [-0.3, -0.25) is 10.1 Å². The molecule has 0 aromatic heterocycles. The molecule has 0 unspecified atom stereocenters. The molecule has 0 spiro atoms. The van der Waals surface area contributed by atoms with Crippen LogP contribution < -0.4 is 10.6 Å². The fourth-order valence-corrected chi connectivity index (χ4v) is 2.37. The van der Waals surface area contributed by atoms with E-state index in [0.29, 0.717) is 5.02 Å². The number of hydrogen-bond acceptors (Lipinski definition) is 2. The Morgan fingerprint density at radius 2 is 1.79 bits per heavy atom. The lowest BCUT2D eigenvalue weighted by atomic mass is 10.2. The van der Waals surface area contributed by atoms with Gasteiger partial charge in [-0.05, 0) is 48.6 Å². The van der Waals surface area contributed by atoms with Crippen molar-refractivity contribution in [3.05, 3.63) is 63.6 Å². The standard InChI is InChI=1S/C15H9Cl2F3N2OS/c16-10-3-1-2-8(6-10)13(23)22-14(24)21-12-5-4-9(7-11(12)17)15(18,19)20/h1-7H,(H2,21,22,23,24). The second-order valence-electron chi connectivity index (χ2n) is 4.61. The Labute approximate surface area is 150 Å². The smallest absolute Gasteiger partial charge is 0.331 e. The average molecular weight is 393 g/mol. The topological polar surface area (TPSA) is 41.1 Å². The van der Waals surface area contributed by atoms with Gasteiger partial charge in [0.05, 0.1) is 16.3 Å². The number of benzene rings is 2. The Hall–Kier alpha value is -1.83. The summed E-state index contributed by atoms with van der Waals surface area (Å²) in [4.78, 5) is 12.0. The molecule has 24 heavy (non-hydrogen) atoms. The number of hydrogen-bond donors (Lipinski definition) is 2. The highest BCUT2D eigenvalue weighted by atomic mass is 35.5. The summed E-state index contributed by atoms with van der Waals surface area (Å²) < 4.78 is 37.7. The number of rotatable bonds is 2. The van der Waals surface area contributed by atoms with Crippen molar-refractivity contribution in [3.63, 3.8) is 0 Å². The second-order valence-corrected chi connectivity index (χ2v) is 5.86. The van der Waals surface area contributed by atoms with Crippen molar-refractivity contribution in [3.8, 4) is 0 Å². The van der Waals surface area contributed by atoms with Crippen molar-refractivity contribution < 1.29 is 18.0 Å². The maximum atomic E-state index is 12.6. The van der Waals surface area contributed by atoms with Crippen LogP contribution in [0.3, 0.4) is 0 Å². The van der Waals surface area contributed by atoms with E-state index in [9.17, 15) is 18.0 Å². The van der Waals surface area contributed by atoms with Crippen LogP contribution >= 0.6 is 35.4 Å². The normalized spacial score (nSPS) is 11.0. The van der Waals surface area contributed by atoms with Crippen molar-refractivity contribution in [2.75, 3.05) is 5.32 Å². The number of halogens is 5. The van der Waals surface area contributed by atoms with Crippen LogP contribution in [0.2, 0.25) is 10.0 Å². The van der Waals surface area contributed by atoms with E-state index >= 15 is 0 Å². The van der Waals surface area contributed by atoms with Gasteiger partial charge in [-0.2, -0.15) is 13.2 Å². The first-order valence-electron chi connectivity index (χ1n) is 6.41. The van der Waals surface area contributed by atoms with E-state index in [1.165, 1.54) is 12.1 Å². The van der Waals surface area contributed by atoms with Crippen LogP contribution in [0.5, 0.6) is 0 Å². The molecule has 0 aliphatic rings. The van der Waals surface area contributed by atoms with Gasteiger partial charge in [0.25, 0.3) is 5.91 Å². The van der Waals surface area contributed by atoms with Crippen molar-refractivity contribution in [2.24, 2.45) is 0 Å². The van der Waals surface area contributed by atoms with Gasteiger partial charge in [-0.15, -0.1) is 0 Å². The Balaban J connectivity index is 2.06. The summed E-state index contributed by atoms with van der Waals surface area (Å²) in [6.45, 7) is 0. The SMILES string of the molecule is O=C(NC(=S)Nc1ccc(C(F)(F)F)cc1Cl)c1cccc(Cl)c1. The third-order valence-electron chi connectivity index (χ3n) is 2.86. The molecule has 0 saturated carbocycles. The largest absolute Gasteiger partial charge is 0.416 e. The number of anilines is 1. The van der Waals surface area contributed by atoms with E-state index in [2.05, 4.69) is 10.6 Å². The molecule has 0 fully saturated rings.